The van der Waals surface area contributed by atoms with Crippen molar-refractivity contribution in [2.45, 2.75) is 6.54 Å². The molecule has 7 heteroatoms. The summed E-state index contributed by atoms with van der Waals surface area (Å²) < 4.78 is 20.0. The zero-order chi connectivity index (χ0) is 19.5. The zero-order valence-electron chi connectivity index (χ0n) is 15.0. The number of carbonyl (C=O) groups is 1. The molecule has 5 nitrogen and oxygen atoms in total. The number of ether oxygens (including phenoxy) is 1. The van der Waals surface area contributed by atoms with Crippen LogP contribution in [-0.2, 0) is 6.54 Å². The lowest BCUT2D eigenvalue weighted by Crippen LogP contribution is -2.30. The maximum Gasteiger partial charge on any atom is 0.260 e. The van der Waals surface area contributed by atoms with Gasteiger partial charge in [-0.1, -0.05) is 29.5 Å². The van der Waals surface area contributed by atoms with Crippen molar-refractivity contribution >= 4 is 32.6 Å². The number of hydrogen-bond donors (Lipinski definition) is 0. The number of pyridine rings is 1. The van der Waals surface area contributed by atoms with Gasteiger partial charge in [-0.25, -0.2) is 9.37 Å². The Balaban J connectivity index is 1.78. The topological polar surface area (TPSA) is 55.3 Å². The number of aromatic nitrogens is 2. The van der Waals surface area contributed by atoms with Crippen LogP contribution in [0.15, 0.2) is 66.9 Å². The predicted molar refractivity (Wildman–Crippen MR) is 107 cm³/mol. The molecule has 0 bridgehead atoms. The summed E-state index contributed by atoms with van der Waals surface area (Å²) in [5.74, 6) is -0.0883. The lowest BCUT2D eigenvalue weighted by molar-refractivity contribution is 0.0984. The monoisotopic (exact) mass is 393 g/mol. The van der Waals surface area contributed by atoms with E-state index in [1.165, 1.54) is 22.3 Å². The highest BCUT2D eigenvalue weighted by Crippen LogP contribution is 2.32. The van der Waals surface area contributed by atoms with Crippen molar-refractivity contribution in [2.24, 2.45) is 0 Å². The maximum atomic E-state index is 14.1. The fourth-order valence-corrected chi connectivity index (χ4v) is 3.79. The average Bonchev–Trinajstić information content (AvgIpc) is 3.18. The van der Waals surface area contributed by atoms with Crippen LogP contribution in [0.3, 0.4) is 0 Å². The van der Waals surface area contributed by atoms with Crippen LogP contribution >= 0.6 is 11.3 Å². The first-order chi connectivity index (χ1) is 13.7. The number of rotatable bonds is 5. The van der Waals surface area contributed by atoms with Crippen molar-refractivity contribution in [1.29, 1.82) is 0 Å². The minimum absolute atomic E-state index is 0.221. The van der Waals surface area contributed by atoms with E-state index < -0.39 is 5.82 Å². The molecule has 0 N–H and O–H groups in total. The van der Waals surface area contributed by atoms with E-state index in [4.69, 9.17) is 4.74 Å². The first kappa shape index (κ1) is 18.1. The summed E-state index contributed by atoms with van der Waals surface area (Å²) in [6.07, 6.45) is 1.67. The second kappa shape index (κ2) is 7.74. The van der Waals surface area contributed by atoms with Gasteiger partial charge >= 0.3 is 0 Å². The van der Waals surface area contributed by atoms with Crippen molar-refractivity contribution in [3.8, 4) is 5.75 Å². The Labute approximate surface area is 165 Å². The second-order valence-electron chi connectivity index (χ2n) is 6.03. The SMILES string of the molecule is COc1cccc(C(=O)N(Cc2ccccn2)c2nc3c(F)cccc3s2)c1. The van der Waals surface area contributed by atoms with Gasteiger partial charge in [-0.05, 0) is 42.5 Å². The highest BCUT2D eigenvalue weighted by atomic mass is 32.1. The van der Waals surface area contributed by atoms with E-state index in [2.05, 4.69) is 9.97 Å². The van der Waals surface area contributed by atoms with Gasteiger partial charge < -0.3 is 4.74 Å². The Morgan fingerprint density at radius 2 is 2.00 bits per heavy atom. The van der Waals surface area contributed by atoms with Crippen LogP contribution < -0.4 is 9.64 Å². The molecule has 0 saturated carbocycles. The molecule has 0 aliphatic carbocycles. The van der Waals surface area contributed by atoms with Crippen LogP contribution in [0.1, 0.15) is 16.1 Å². The molecule has 0 aliphatic heterocycles. The van der Waals surface area contributed by atoms with E-state index in [1.54, 1.807) is 49.7 Å². The number of anilines is 1. The van der Waals surface area contributed by atoms with Crippen molar-refractivity contribution in [1.82, 2.24) is 9.97 Å². The van der Waals surface area contributed by atoms with Gasteiger partial charge in [0.15, 0.2) is 5.13 Å². The van der Waals surface area contributed by atoms with Gasteiger partial charge in [0.05, 0.1) is 24.0 Å². The van der Waals surface area contributed by atoms with Crippen molar-refractivity contribution in [2.75, 3.05) is 12.0 Å². The minimum atomic E-state index is -0.411. The number of methoxy groups -OCH3 is 1. The number of thiazole rings is 1. The summed E-state index contributed by atoms with van der Waals surface area (Å²) in [4.78, 5) is 23.5. The molecule has 4 aromatic rings. The number of para-hydroxylation sites is 1. The summed E-state index contributed by atoms with van der Waals surface area (Å²) >= 11 is 1.27. The van der Waals surface area contributed by atoms with E-state index in [-0.39, 0.29) is 18.0 Å². The van der Waals surface area contributed by atoms with Crippen LogP contribution in [0.4, 0.5) is 9.52 Å². The summed E-state index contributed by atoms with van der Waals surface area (Å²) in [6.45, 7) is 0.221. The van der Waals surface area contributed by atoms with E-state index in [9.17, 15) is 9.18 Å². The predicted octanol–water partition coefficient (Wildman–Crippen LogP) is 4.69. The lowest BCUT2D eigenvalue weighted by atomic mass is 10.2. The Hall–Kier alpha value is -3.32. The van der Waals surface area contributed by atoms with Crippen molar-refractivity contribution < 1.29 is 13.9 Å². The quantitative estimate of drug-likeness (QED) is 0.494. The fourth-order valence-electron chi connectivity index (χ4n) is 2.81. The molecule has 0 saturated heterocycles. The molecule has 28 heavy (non-hydrogen) atoms. The zero-order valence-corrected chi connectivity index (χ0v) is 15.8. The molecule has 0 atom stereocenters. The summed E-state index contributed by atoms with van der Waals surface area (Å²) in [5.41, 5.74) is 1.42. The van der Waals surface area contributed by atoms with Crippen LogP contribution in [0.25, 0.3) is 10.2 Å². The molecule has 2 aromatic heterocycles. The molecule has 1 amide bonds. The molecule has 0 aliphatic rings. The lowest BCUT2D eigenvalue weighted by Gasteiger charge is -2.20. The number of halogens is 1. The number of nitrogens with zero attached hydrogens (tertiary/aromatic N) is 3. The van der Waals surface area contributed by atoms with Crippen LogP contribution in [0, 0.1) is 5.82 Å². The standard InChI is InChI=1S/C21H16FN3O2S/c1-27-16-8-4-6-14(12-16)20(26)25(13-15-7-2-3-11-23-15)21-24-19-17(22)9-5-10-18(19)28-21/h2-12H,13H2,1H3. The Kier molecular flexibility index (Phi) is 4.99. The minimum Gasteiger partial charge on any atom is -0.497 e. The van der Waals surface area contributed by atoms with E-state index >= 15 is 0 Å². The number of benzene rings is 2. The third kappa shape index (κ3) is 3.57. The normalized spacial score (nSPS) is 10.8. The van der Waals surface area contributed by atoms with Gasteiger partial charge in [0, 0.05) is 11.8 Å². The number of fused-ring (bicyclic) bond motifs is 1. The number of carbonyl (C=O) groups excluding carboxylic acids is 1. The van der Waals surface area contributed by atoms with Gasteiger partial charge in [-0.2, -0.15) is 0 Å². The van der Waals surface area contributed by atoms with Gasteiger partial charge in [0.2, 0.25) is 0 Å². The first-order valence-corrected chi connectivity index (χ1v) is 9.38. The molecule has 0 radical (unpaired) electrons. The van der Waals surface area contributed by atoms with E-state index in [1.807, 2.05) is 18.2 Å². The first-order valence-electron chi connectivity index (χ1n) is 8.56. The number of hydrogen-bond acceptors (Lipinski definition) is 5. The smallest absolute Gasteiger partial charge is 0.260 e. The van der Waals surface area contributed by atoms with E-state index in [0.29, 0.717) is 26.8 Å². The maximum absolute atomic E-state index is 14.1. The summed E-state index contributed by atoms with van der Waals surface area (Å²) in [7, 11) is 1.55. The molecular formula is C21H16FN3O2S. The van der Waals surface area contributed by atoms with Crippen LogP contribution in [0.5, 0.6) is 5.75 Å². The molecule has 0 spiro atoms. The van der Waals surface area contributed by atoms with Crippen LogP contribution in [0.2, 0.25) is 0 Å². The third-order valence-electron chi connectivity index (χ3n) is 4.20. The summed E-state index contributed by atoms with van der Waals surface area (Å²) in [5, 5.41) is 0.415. The Morgan fingerprint density at radius 1 is 1.14 bits per heavy atom. The van der Waals surface area contributed by atoms with Crippen molar-refractivity contribution in [3.05, 3.63) is 83.9 Å². The molecule has 2 heterocycles. The van der Waals surface area contributed by atoms with Gasteiger partial charge in [-0.15, -0.1) is 0 Å². The van der Waals surface area contributed by atoms with E-state index in [0.717, 1.165) is 0 Å². The van der Waals surface area contributed by atoms with Gasteiger partial charge in [-0.3, -0.25) is 14.7 Å². The molecule has 4 rings (SSSR count). The number of amides is 1. The van der Waals surface area contributed by atoms with Gasteiger partial charge in [0.1, 0.15) is 17.1 Å². The fraction of sp³-hybridized carbons (Fsp3) is 0.0952. The third-order valence-corrected chi connectivity index (χ3v) is 5.24. The Morgan fingerprint density at radius 3 is 2.75 bits per heavy atom. The largest absolute Gasteiger partial charge is 0.497 e. The molecule has 0 fully saturated rings. The molecule has 140 valence electrons. The average molecular weight is 393 g/mol. The highest BCUT2D eigenvalue weighted by molar-refractivity contribution is 7.22. The van der Waals surface area contributed by atoms with Gasteiger partial charge in [0.25, 0.3) is 5.91 Å². The highest BCUT2D eigenvalue weighted by Gasteiger charge is 2.23. The van der Waals surface area contributed by atoms with Crippen LogP contribution in [-0.4, -0.2) is 23.0 Å². The van der Waals surface area contributed by atoms with Crippen molar-refractivity contribution in [3.63, 3.8) is 0 Å². The molecular weight excluding hydrogens is 377 g/mol. The Bertz CT molecular complexity index is 1130. The molecule has 2 aromatic carbocycles. The summed E-state index contributed by atoms with van der Waals surface area (Å²) in [6, 6.07) is 17.2. The molecule has 0 unspecified atom stereocenters. The second-order valence-corrected chi connectivity index (χ2v) is 7.04.